The van der Waals surface area contributed by atoms with Gasteiger partial charge in [0.25, 0.3) is 5.56 Å². The number of carbonyl (C=O) groups excluding carboxylic acids is 1. The van der Waals surface area contributed by atoms with E-state index >= 15 is 0 Å². The molecular formula is C26H20ClN4O5S-. The Morgan fingerprint density at radius 1 is 1.11 bits per heavy atom. The van der Waals surface area contributed by atoms with E-state index in [-0.39, 0.29) is 16.8 Å². The quantitative estimate of drug-likeness (QED) is 0.240. The van der Waals surface area contributed by atoms with Crippen LogP contribution in [-0.2, 0) is 27.7 Å². The van der Waals surface area contributed by atoms with Gasteiger partial charge in [0.15, 0.2) is 0 Å². The average molecular weight is 536 g/mol. The summed E-state index contributed by atoms with van der Waals surface area (Å²) in [5, 5.41) is 6.38. The highest BCUT2D eigenvalue weighted by molar-refractivity contribution is 7.79. The topological polar surface area (TPSA) is 119 Å². The van der Waals surface area contributed by atoms with Crippen LogP contribution in [0.3, 0.4) is 0 Å². The highest BCUT2D eigenvalue weighted by Crippen LogP contribution is 2.29. The Kier molecular flexibility index (Phi) is 6.63. The predicted molar refractivity (Wildman–Crippen MR) is 141 cm³/mol. The van der Waals surface area contributed by atoms with Gasteiger partial charge in [0, 0.05) is 46.7 Å². The second-order valence-electron chi connectivity index (χ2n) is 8.45. The van der Waals surface area contributed by atoms with E-state index in [1.807, 2.05) is 31.4 Å². The maximum atomic E-state index is 13.9. The number of hydrogen-bond acceptors (Lipinski definition) is 7. The van der Waals surface area contributed by atoms with Crippen molar-refractivity contribution in [3.05, 3.63) is 88.1 Å². The minimum Gasteiger partial charge on any atom is -0.772 e. The Balaban J connectivity index is 1.78. The van der Waals surface area contributed by atoms with Crippen LogP contribution >= 0.6 is 11.6 Å². The maximum Gasteiger partial charge on any atom is 0.315 e. The molecule has 0 saturated heterocycles. The summed E-state index contributed by atoms with van der Waals surface area (Å²) in [6.45, 7) is 0. The lowest BCUT2D eigenvalue weighted by Gasteiger charge is -2.18. The van der Waals surface area contributed by atoms with Crippen molar-refractivity contribution in [2.45, 2.75) is 5.92 Å². The second kappa shape index (κ2) is 9.89. The van der Waals surface area contributed by atoms with E-state index < -0.39 is 28.7 Å². The van der Waals surface area contributed by atoms with Gasteiger partial charge in [-0.3, -0.25) is 28.0 Å². The Hall–Kier alpha value is -3.86. The van der Waals surface area contributed by atoms with Gasteiger partial charge in [-0.1, -0.05) is 34.8 Å². The van der Waals surface area contributed by atoms with E-state index in [1.165, 1.54) is 11.7 Å². The van der Waals surface area contributed by atoms with Crippen LogP contribution in [0.1, 0.15) is 11.6 Å². The number of pyridine rings is 2. The normalized spacial score (nSPS) is 13.1. The van der Waals surface area contributed by atoms with Gasteiger partial charge in [0.05, 0.1) is 29.4 Å². The van der Waals surface area contributed by atoms with Crippen LogP contribution < -0.4 is 5.56 Å². The minimum absolute atomic E-state index is 0.188. The molecule has 11 heteroatoms. The molecule has 188 valence electrons. The molecule has 5 rings (SSSR count). The van der Waals surface area contributed by atoms with Gasteiger partial charge in [-0.2, -0.15) is 5.10 Å². The Morgan fingerprint density at radius 3 is 2.57 bits per heavy atom. The zero-order valence-electron chi connectivity index (χ0n) is 19.8. The van der Waals surface area contributed by atoms with Gasteiger partial charge in [0.1, 0.15) is 5.92 Å². The summed E-state index contributed by atoms with van der Waals surface area (Å²) >= 11 is 3.57. The Labute approximate surface area is 218 Å². The molecule has 0 N–H and O–H groups in total. The summed E-state index contributed by atoms with van der Waals surface area (Å²) in [7, 11) is 3.01. The number of benzene rings is 2. The zero-order chi connectivity index (χ0) is 26.3. The fraction of sp³-hybridized carbons (Fsp3) is 0.154. The molecule has 3 aromatic heterocycles. The number of esters is 1. The Morgan fingerprint density at radius 2 is 1.86 bits per heavy atom. The van der Waals surface area contributed by atoms with Crippen LogP contribution in [0.15, 0.2) is 71.8 Å². The van der Waals surface area contributed by atoms with Gasteiger partial charge < -0.3 is 9.29 Å². The first-order valence-electron chi connectivity index (χ1n) is 11.1. The number of nitrogens with zero attached hydrogens (tertiary/aromatic N) is 4. The number of ether oxygens (including phenoxy) is 1. The average Bonchev–Trinajstić information content (AvgIpc) is 3.26. The monoisotopic (exact) mass is 535 g/mol. The number of rotatable bonds is 6. The first-order chi connectivity index (χ1) is 17.7. The molecule has 0 bridgehead atoms. The smallest absolute Gasteiger partial charge is 0.315 e. The Bertz CT molecular complexity index is 1750. The molecule has 0 amide bonds. The van der Waals surface area contributed by atoms with Gasteiger partial charge in [-0.15, -0.1) is 0 Å². The van der Waals surface area contributed by atoms with Crippen molar-refractivity contribution in [1.29, 1.82) is 0 Å². The van der Waals surface area contributed by atoms with Crippen molar-refractivity contribution in [3.8, 4) is 16.8 Å². The molecule has 0 fully saturated rings. The molecule has 0 spiro atoms. The summed E-state index contributed by atoms with van der Waals surface area (Å²) in [6.07, 6.45) is 3.54. The van der Waals surface area contributed by atoms with Crippen LogP contribution in [0.4, 0.5) is 0 Å². The summed E-state index contributed by atoms with van der Waals surface area (Å²) in [4.78, 5) is 30.9. The van der Waals surface area contributed by atoms with E-state index in [1.54, 1.807) is 47.3 Å². The van der Waals surface area contributed by atoms with Gasteiger partial charge >= 0.3 is 5.97 Å². The number of hydrogen-bond donors (Lipinski definition) is 0. The number of carbonyl (C=O) groups is 1. The lowest BCUT2D eigenvalue weighted by molar-refractivity contribution is -0.141. The van der Waals surface area contributed by atoms with Crippen LogP contribution in [-0.4, -0.2) is 46.9 Å². The number of aryl methyl sites for hydroxylation is 1. The molecule has 0 radical (unpaired) electrons. The van der Waals surface area contributed by atoms with Gasteiger partial charge in [-0.25, -0.2) is 0 Å². The lowest BCUT2D eigenvalue weighted by atomic mass is 10.0. The first-order valence-corrected chi connectivity index (χ1v) is 12.8. The maximum absolute atomic E-state index is 13.9. The van der Waals surface area contributed by atoms with Crippen LogP contribution in [0.5, 0.6) is 0 Å². The highest BCUT2D eigenvalue weighted by Gasteiger charge is 2.25. The third kappa shape index (κ3) is 4.78. The molecule has 3 heterocycles. The van der Waals surface area contributed by atoms with E-state index in [0.717, 1.165) is 10.9 Å². The molecule has 37 heavy (non-hydrogen) atoms. The predicted octanol–water partition coefficient (Wildman–Crippen LogP) is 3.73. The van der Waals surface area contributed by atoms with Crippen molar-refractivity contribution < 1.29 is 18.3 Å². The highest BCUT2D eigenvalue weighted by atomic mass is 35.5. The molecule has 9 nitrogen and oxygen atoms in total. The molecule has 2 atom stereocenters. The van der Waals surface area contributed by atoms with E-state index in [2.05, 4.69) is 10.1 Å². The molecule has 0 saturated carbocycles. The third-order valence-corrected chi connectivity index (χ3v) is 6.90. The fourth-order valence-corrected chi connectivity index (χ4v) is 5.02. The number of methoxy groups -OCH3 is 1. The van der Waals surface area contributed by atoms with Crippen molar-refractivity contribution in [1.82, 2.24) is 19.3 Å². The van der Waals surface area contributed by atoms with Crippen molar-refractivity contribution in [2.75, 3.05) is 12.9 Å². The molecule has 0 aliphatic heterocycles. The third-order valence-electron chi connectivity index (χ3n) is 6.04. The molecule has 0 aliphatic carbocycles. The van der Waals surface area contributed by atoms with E-state index in [0.29, 0.717) is 27.2 Å². The van der Waals surface area contributed by atoms with Gasteiger partial charge in [-0.05, 0) is 48.0 Å². The van der Waals surface area contributed by atoms with Crippen molar-refractivity contribution in [3.63, 3.8) is 0 Å². The molecule has 2 unspecified atom stereocenters. The SMILES string of the molecule is COC(=O)C(CS(=O)[O-])c1ccc2cn(-c3ccc4nn(C)cc4c3)c(=O)c(-c3ccc(Cl)cc3)c2n1. The molecule has 2 aromatic carbocycles. The summed E-state index contributed by atoms with van der Waals surface area (Å²) in [5.74, 6) is -2.37. The van der Waals surface area contributed by atoms with Crippen LogP contribution in [0.2, 0.25) is 5.02 Å². The molecule has 5 aromatic rings. The first kappa shape index (κ1) is 24.8. The van der Waals surface area contributed by atoms with Crippen LogP contribution in [0.25, 0.3) is 38.6 Å². The van der Waals surface area contributed by atoms with E-state index in [9.17, 15) is 18.4 Å². The lowest BCUT2D eigenvalue weighted by Crippen LogP contribution is -2.23. The summed E-state index contributed by atoms with van der Waals surface area (Å²) in [5.41, 5.74) is 2.47. The molecular weight excluding hydrogens is 516 g/mol. The number of fused-ring (bicyclic) bond motifs is 2. The van der Waals surface area contributed by atoms with Crippen LogP contribution in [0, 0.1) is 0 Å². The van der Waals surface area contributed by atoms with Gasteiger partial charge in [0.2, 0.25) is 0 Å². The van der Waals surface area contributed by atoms with E-state index in [4.69, 9.17) is 16.3 Å². The second-order valence-corrected chi connectivity index (χ2v) is 9.83. The summed E-state index contributed by atoms with van der Waals surface area (Å²) < 4.78 is 30.9. The fourth-order valence-electron chi connectivity index (χ4n) is 4.31. The standard InChI is InChI=1S/C26H21ClN4O5S/c1-30-12-17-11-19(8-10-21(17)29-30)31-13-16-5-9-22(20(14-37(34)35)26(33)36-2)28-24(16)23(25(31)32)15-3-6-18(27)7-4-15/h3-13,20H,14H2,1-2H3,(H,34,35)/p-1. The largest absolute Gasteiger partial charge is 0.772 e. The number of aromatic nitrogens is 4. The molecule has 0 aliphatic rings. The van der Waals surface area contributed by atoms with Crippen molar-refractivity contribution >= 4 is 50.5 Å². The number of halogens is 1. The zero-order valence-corrected chi connectivity index (χ0v) is 21.3. The minimum atomic E-state index is -2.52. The summed E-state index contributed by atoms with van der Waals surface area (Å²) in [6, 6.07) is 15.6. The van der Waals surface area contributed by atoms with Crippen molar-refractivity contribution in [2.24, 2.45) is 7.05 Å².